The molecule has 106 valence electrons. The van der Waals surface area contributed by atoms with Gasteiger partial charge in [-0.15, -0.1) is 0 Å². The molecule has 2 N–H and O–H groups in total. The average molecular weight is 275 g/mol. The van der Waals surface area contributed by atoms with Crippen LogP contribution in [0.2, 0.25) is 0 Å². The third kappa shape index (κ3) is 2.38. The van der Waals surface area contributed by atoms with Gasteiger partial charge in [0.25, 0.3) is 0 Å². The number of likely N-dealkylation sites (tertiary alicyclic amines) is 1. The molecule has 3 heterocycles. The van der Waals surface area contributed by atoms with Crippen molar-refractivity contribution in [3.05, 3.63) is 29.6 Å². The normalized spacial score (nSPS) is 26.1. The van der Waals surface area contributed by atoms with Crippen LogP contribution in [0.4, 0.5) is 0 Å². The first-order chi connectivity index (χ1) is 9.65. The third-order valence-electron chi connectivity index (χ3n) is 4.15. The second-order valence-electron chi connectivity index (χ2n) is 5.38. The van der Waals surface area contributed by atoms with Crippen LogP contribution in [-0.2, 0) is 11.3 Å². The molecular weight excluding hydrogens is 258 g/mol. The van der Waals surface area contributed by atoms with E-state index in [1.807, 2.05) is 0 Å². The largest absolute Gasteiger partial charge is 0.478 e. The monoisotopic (exact) mass is 275 g/mol. The van der Waals surface area contributed by atoms with Crippen LogP contribution >= 0.6 is 0 Å². The molecule has 2 aliphatic heterocycles. The maximum absolute atomic E-state index is 11.7. The molecule has 2 fully saturated rings. The number of hydrogen-bond donors (Lipinski definition) is 2. The summed E-state index contributed by atoms with van der Waals surface area (Å²) in [5.41, 5.74) is 1.04. The van der Waals surface area contributed by atoms with Crippen LogP contribution in [0.1, 0.15) is 28.9 Å². The van der Waals surface area contributed by atoms with Crippen molar-refractivity contribution in [2.24, 2.45) is 5.92 Å². The van der Waals surface area contributed by atoms with Crippen LogP contribution in [0.15, 0.2) is 18.3 Å². The Hall–Kier alpha value is -1.95. The highest BCUT2D eigenvalue weighted by atomic mass is 16.4. The number of aromatic nitrogens is 1. The van der Waals surface area contributed by atoms with Crippen LogP contribution in [0.25, 0.3) is 0 Å². The van der Waals surface area contributed by atoms with Gasteiger partial charge in [-0.05, 0) is 31.5 Å². The predicted octanol–water partition coefficient (Wildman–Crippen LogP) is 0.490. The molecule has 1 aromatic heterocycles. The zero-order chi connectivity index (χ0) is 14.1. The summed E-state index contributed by atoms with van der Waals surface area (Å²) >= 11 is 0. The lowest BCUT2D eigenvalue weighted by Crippen LogP contribution is -2.45. The number of hydrogen-bond acceptors (Lipinski definition) is 4. The maximum atomic E-state index is 11.7. The quantitative estimate of drug-likeness (QED) is 0.839. The van der Waals surface area contributed by atoms with E-state index in [0.717, 1.165) is 25.1 Å². The average Bonchev–Trinajstić information content (AvgIpc) is 2.82. The molecule has 6 heteroatoms. The molecule has 0 saturated carbocycles. The molecule has 2 aliphatic rings. The van der Waals surface area contributed by atoms with E-state index in [9.17, 15) is 9.59 Å². The van der Waals surface area contributed by atoms with Gasteiger partial charge in [0, 0.05) is 25.3 Å². The summed E-state index contributed by atoms with van der Waals surface area (Å²) < 4.78 is 0. The van der Waals surface area contributed by atoms with E-state index in [4.69, 9.17) is 5.11 Å². The molecule has 6 nitrogen and oxygen atoms in total. The Morgan fingerprint density at radius 3 is 3.05 bits per heavy atom. The molecule has 2 atom stereocenters. The topological polar surface area (TPSA) is 82.5 Å². The van der Waals surface area contributed by atoms with Gasteiger partial charge in [0.2, 0.25) is 5.91 Å². The number of fused-ring (bicyclic) bond motifs is 1. The van der Waals surface area contributed by atoms with Crippen molar-refractivity contribution >= 4 is 11.9 Å². The summed E-state index contributed by atoms with van der Waals surface area (Å²) in [6.45, 7) is 2.32. The third-order valence-corrected chi connectivity index (χ3v) is 4.15. The van der Waals surface area contributed by atoms with E-state index in [-0.39, 0.29) is 23.4 Å². The van der Waals surface area contributed by atoms with E-state index in [1.54, 1.807) is 12.1 Å². The number of nitrogens with zero attached hydrogens (tertiary/aromatic N) is 2. The SMILES string of the molecule is O=C(O)c1ccc(CN2CCCC3C(=O)NCC32)nc1. The van der Waals surface area contributed by atoms with Gasteiger partial charge in [-0.2, -0.15) is 0 Å². The predicted molar refractivity (Wildman–Crippen MR) is 71.1 cm³/mol. The number of rotatable bonds is 3. The molecule has 0 radical (unpaired) electrons. The molecule has 0 bridgehead atoms. The minimum Gasteiger partial charge on any atom is -0.478 e. The number of nitrogens with one attached hydrogen (secondary N) is 1. The zero-order valence-corrected chi connectivity index (χ0v) is 11.1. The lowest BCUT2D eigenvalue weighted by Gasteiger charge is -2.35. The summed E-state index contributed by atoms with van der Waals surface area (Å²) in [5, 5.41) is 11.8. The van der Waals surface area contributed by atoms with Crippen molar-refractivity contribution in [1.82, 2.24) is 15.2 Å². The second kappa shape index (κ2) is 5.20. The minimum atomic E-state index is -0.965. The first kappa shape index (κ1) is 13.1. The number of amides is 1. The van der Waals surface area contributed by atoms with Crippen molar-refractivity contribution in [2.75, 3.05) is 13.1 Å². The summed E-state index contributed by atoms with van der Waals surface area (Å²) in [4.78, 5) is 29.0. The van der Waals surface area contributed by atoms with Gasteiger partial charge in [-0.3, -0.25) is 14.7 Å². The van der Waals surface area contributed by atoms with Crippen molar-refractivity contribution in [3.8, 4) is 0 Å². The summed E-state index contributed by atoms with van der Waals surface area (Å²) in [5.74, 6) is -0.705. The molecule has 0 aliphatic carbocycles. The van der Waals surface area contributed by atoms with Crippen LogP contribution in [0.5, 0.6) is 0 Å². The van der Waals surface area contributed by atoms with E-state index in [2.05, 4.69) is 15.2 Å². The Bertz CT molecular complexity index is 529. The van der Waals surface area contributed by atoms with Crippen molar-refractivity contribution in [1.29, 1.82) is 0 Å². The van der Waals surface area contributed by atoms with E-state index in [1.165, 1.54) is 6.20 Å². The fourth-order valence-corrected chi connectivity index (χ4v) is 3.09. The smallest absolute Gasteiger partial charge is 0.337 e. The Morgan fingerprint density at radius 1 is 1.50 bits per heavy atom. The van der Waals surface area contributed by atoms with Crippen molar-refractivity contribution < 1.29 is 14.7 Å². The van der Waals surface area contributed by atoms with Gasteiger partial charge in [-0.1, -0.05) is 0 Å². The Morgan fingerprint density at radius 2 is 2.35 bits per heavy atom. The van der Waals surface area contributed by atoms with E-state index in [0.29, 0.717) is 13.1 Å². The number of carboxylic acid groups (broad SMARTS) is 1. The summed E-state index contributed by atoms with van der Waals surface area (Å²) in [6, 6.07) is 3.57. The molecule has 20 heavy (non-hydrogen) atoms. The lowest BCUT2D eigenvalue weighted by molar-refractivity contribution is -0.124. The van der Waals surface area contributed by atoms with Crippen LogP contribution < -0.4 is 5.32 Å². The van der Waals surface area contributed by atoms with Gasteiger partial charge in [0.1, 0.15) is 0 Å². The molecule has 0 aromatic carbocycles. The number of pyridine rings is 1. The zero-order valence-electron chi connectivity index (χ0n) is 11.1. The van der Waals surface area contributed by atoms with E-state index < -0.39 is 5.97 Å². The number of carbonyl (C=O) groups excluding carboxylic acids is 1. The Labute approximate surface area is 116 Å². The molecule has 3 rings (SSSR count). The molecule has 0 spiro atoms. The standard InChI is InChI=1S/C14H17N3O3/c18-13-11-2-1-5-17(12(11)7-16-13)8-10-4-3-9(6-15-10)14(19)20/h3-4,6,11-12H,1-2,5,7-8H2,(H,16,18)(H,19,20). The molecule has 2 unspecified atom stereocenters. The highest BCUT2D eigenvalue weighted by Gasteiger charge is 2.40. The van der Waals surface area contributed by atoms with Crippen molar-refractivity contribution in [3.63, 3.8) is 0 Å². The highest BCUT2D eigenvalue weighted by molar-refractivity contribution is 5.87. The number of aromatic carboxylic acids is 1. The second-order valence-corrected chi connectivity index (χ2v) is 5.38. The number of carboxylic acids is 1. The van der Waals surface area contributed by atoms with Gasteiger partial charge in [0.05, 0.1) is 17.2 Å². The van der Waals surface area contributed by atoms with Gasteiger partial charge >= 0.3 is 5.97 Å². The first-order valence-corrected chi connectivity index (χ1v) is 6.85. The van der Waals surface area contributed by atoms with Crippen LogP contribution in [-0.4, -0.2) is 46.0 Å². The minimum absolute atomic E-state index is 0.0991. The molecule has 2 saturated heterocycles. The fraction of sp³-hybridized carbons (Fsp3) is 0.500. The maximum Gasteiger partial charge on any atom is 0.337 e. The highest BCUT2D eigenvalue weighted by Crippen LogP contribution is 2.28. The van der Waals surface area contributed by atoms with Gasteiger partial charge < -0.3 is 10.4 Å². The summed E-state index contributed by atoms with van der Waals surface area (Å²) in [6.07, 6.45) is 3.36. The number of piperidine rings is 1. The molecule has 1 amide bonds. The molecule has 1 aromatic rings. The molecular formula is C14H17N3O3. The number of carbonyl (C=O) groups is 2. The van der Waals surface area contributed by atoms with Gasteiger partial charge in [0.15, 0.2) is 0 Å². The fourth-order valence-electron chi connectivity index (χ4n) is 3.09. The summed E-state index contributed by atoms with van der Waals surface area (Å²) in [7, 11) is 0. The Balaban J connectivity index is 1.70. The van der Waals surface area contributed by atoms with Crippen LogP contribution in [0, 0.1) is 5.92 Å². The van der Waals surface area contributed by atoms with E-state index >= 15 is 0 Å². The Kier molecular flexibility index (Phi) is 3.40. The first-order valence-electron chi connectivity index (χ1n) is 6.85. The van der Waals surface area contributed by atoms with Gasteiger partial charge in [-0.25, -0.2) is 4.79 Å². The van der Waals surface area contributed by atoms with Crippen LogP contribution in [0.3, 0.4) is 0 Å². The lowest BCUT2D eigenvalue weighted by atomic mass is 9.91. The van der Waals surface area contributed by atoms with Crippen molar-refractivity contribution in [2.45, 2.75) is 25.4 Å².